The van der Waals surface area contributed by atoms with E-state index in [1.54, 1.807) is 0 Å². The summed E-state index contributed by atoms with van der Waals surface area (Å²) in [6.45, 7) is 1.98. The fourth-order valence-electron chi connectivity index (χ4n) is 0.442. The van der Waals surface area contributed by atoms with E-state index in [-0.39, 0.29) is 0 Å². The Morgan fingerprint density at radius 3 is 2.40 bits per heavy atom. The zero-order valence-electron chi connectivity index (χ0n) is 6.60. The monoisotopic (exact) mass is 185 g/mol. The van der Waals surface area contributed by atoms with Crippen molar-refractivity contribution in [2.24, 2.45) is 5.73 Å². The lowest BCUT2D eigenvalue weighted by molar-refractivity contribution is 0.158. The molecule has 0 aliphatic carbocycles. The summed E-state index contributed by atoms with van der Waals surface area (Å²) in [4.78, 5) is 0. The van der Waals surface area contributed by atoms with Gasteiger partial charge in [0.1, 0.15) is 0 Å². The lowest BCUT2D eigenvalue weighted by Crippen LogP contribution is -2.11. The predicted octanol–water partition coefficient (Wildman–Crippen LogP) is 1.18. The van der Waals surface area contributed by atoms with E-state index in [2.05, 4.69) is 12.5 Å². The molecule has 0 aromatic rings. The average molecular weight is 186 g/mol. The minimum Gasteiger partial charge on any atom is -0.379 e. The highest BCUT2D eigenvalue weighted by Gasteiger charge is 2.05. The Balaban J connectivity index is 3.04. The van der Waals surface area contributed by atoms with E-state index in [4.69, 9.17) is 21.2 Å². The molecule has 0 aliphatic heterocycles. The highest BCUT2D eigenvalue weighted by atomic mass is 35.7. The van der Waals surface area contributed by atoms with Crippen LogP contribution in [0, 0.1) is 0 Å². The van der Waals surface area contributed by atoms with Crippen molar-refractivity contribution in [3.63, 3.8) is 0 Å². The van der Waals surface area contributed by atoms with Gasteiger partial charge in [-0.2, -0.15) is 9.24 Å². The minimum atomic E-state index is -0.898. The number of rotatable bonds is 5. The second-order valence-electron chi connectivity index (χ2n) is 2.51. The van der Waals surface area contributed by atoms with Gasteiger partial charge in [0.25, 0.3) is 0 Å². The zero-order chi connectivity index (χ0) is 8.04. The van der Waals surface area contributed by atoms with Crippen LogP contribution in [0.15, 0.2) is 0 Å². The van der Waals surface area contributed by atoms with E-state index in [0.29, 0.717) is 13.2 Å². The van der Waals surface area contributed by atoms with Crippen LogP contribution in [0.5, 0.6) is 0 Å². The van der Waals surface area contributed by atoms with E-state index in [0.717, 1.165) is 12.4 Å². The van der Waals surface area contributed by atoms with Crippen LogP contribution in [0.4, 0.5) is 0 Å². The SMILES string of the molecule is CS(C)(Cl)CCOCCN. The molecule has 0 rings (SSSR count). The van der Waals surface area contributed by atoms with Crippen molar-refractivity contribution in [3.05, 3.63) is 0 Å². The van der Waals surface area contributed by atoms with Gasteiger partial charge < -0.3 is 10.5 Å². The van der Waals surface area contributed by atoms with Crippen molar-refractivity contribution >= 4 is 19.9 Å². The zero-order valence-corrected chi connectivity index (χ0v) is 8.17. The normalized spacial score (nSPS) is 13.6. The fraction of sp³-hybridized carbons (Fsp3) is 1.00. The van der Waals surface area contributed by atoms with Gasteiger partial charge in [0.2, 0.25) is 0 Å². The molecule has 64 valence electrons. The first kappa shape index (κ1) is 10.6. The number of ether oxygens (including phenoxy) is 1. The molecule has 0 aromatic heterocycles. The summed E-state index contributed by atoms with van der Waals surface area (Å²) >= 11 is 0. The molecule has 0 fully saturated rings. The van der Waals surface area contributed by atoms with Gasteiger partial charge in [-0.25, -0.2) is 0 Å². The molecule has 0 bridgehead atoms. The van der Waals surface area contributed by atoms with Crippen LogP contribution in [-0.2, 0) is 4.74 Å². The molecule has 0 aliphatic rings. The molecule has 10 heavy (non-hydrogen) atoms. The largest absolute Gasteiger partial charge is 0.379 e. The number of hydrogen-bond donors (Lipinski definition) is 1. The van der Waals surface area contributed by atoms with Crippen LogP contribution < -0.4 is 5.73 Å². The molecular formula is C6H16ClNOS. The Morgan fingerprint density at radius 1 is 1.40 bits per heavy atom. The molecule has 2 N–H and O–H groups in total. The second-order valence-corrected chi connectivity index (χ2v) is 8.23. The third kappa shape index (κ3) is 8.56. The molecule has 0 heterocycles. The maximum Gasteiger partial charge on any atom is 0.0589 e. The third-order valence-corrected chi connectivity index (χ3v) is 2.58. The van der Waals surface area contributed by atoms with Crippen LogP contribution in [0.25, 0.3) is 0 Å². The molecule has 0 saturated carbocycles. The molecule has 0 aromatic carbocycles. The first-order chi connectivity index (χ1) is 4.56. The standard InChI is InChI=1S/C6H16ClNOS/c1-10(2,7)6-5-9-4-3-8/h3-6,8H2,1-2H3. The maximum atomic E-state index is 5.98. The van der Waals surface area contributed by atoms with Crippen LogP contribution in [0.3, 0.4) is 0 Å². The van der Waals surface area contributed by atoms with Gasteiger partial charge >= 0.3 is 0 Å². The van der Waals surface area contributed by atoms with Gasteiger partial charge in [0.15, 0.2) is 0 Å². The Hall–Kier alpha value is 0.560. The van der Waals surface area contributed by atoms with E-state index >= 15 is 0 Å². The Labute approximate surface area is 68.9 Å². The molecule has 0 unspecified atom stereocenters. The molecular weight excluding hydrogens is 170 g/mol. The van der Waals surface area contributed by atoms with Gasteiger partial charge in [0, 0.05) is 12.3 Å². The molecule has 0 amide bonds. The predicted molar refractivity (Wildman–Crippen MR) is 50.0 cm³/mol. The summed E-state index contributed by atoms with van der Waals surface area (Å²) in [5.41, 5.74) is 5.23. The summed E-state index contributed by atoms with van der Waals surface area (Å²) in [5.74, 6) is 0.953. The van der Waals surface area contributed by atoms with Crippen molar-refractivity contribution in [3.8, 4) is 0 Å². The molecule has 0 saturated heterocycles. The third-order valence-electron chi connectivity index (χ3n) is 0.975. The molecule has 4 heteroatoms. The summed E-state index contributed by atoms with van der Waals surface area (Å²) in [7, 11) is 5.09. The van der Waals surface area contributed by atoms with Crippen molar-refractivity contribution in [1.29, 1.82) is 0 Å². The van der Waals surface area contributed by atoms with Crippen molar-refractivity contribution < 1.29 is 4.74 Å². The molecule has 0 atom stereocenters. The van der Waals surface area contributed by atoms with Gasteiger partial charge in [-0.3, -0.25) is 0 Å². The van der Waals surface area contributed by atoms with Crippen LogP contribution in [0.2, 0.25) is 0 Å². The Bertz CT molecular complexity index is 84.3. The smallest absolute Gasteiger partial charge is 0.0589 e. The van der Waals surface area contributed by atoms with E-state index in [1.165, 1.54) is 0 Å². The average Bonchev–Trinajstić information content (AvgIpc) is 1.78. The summed E-state index contributed by atoms with van der Waals surface area (Å²) in [6.07, 6.45) is 4.11. The summed E-state index contributed by atoms with van der Waals surface area (Å²) in [6, 6.07) is 0. The van der Waals surface area contributed by atoms with E-state index in [9.17, 15) is 0 Å². The topological polar surface area (TPSA) is 35.2 Å². The molecule has 0 radical (unpaired) electrons. The first-order valence-electron chi connectivity index (χ1n) is 3.25. The maximum absolute atomic E-state index is 5.98. The Kier molecular flexibility index (Phi) is 5.54. The second kappa shape index (κ2) is 5.24. The van der Waals surface area contributed by atoms with Crippen molar-refractivity contribution in [2.75, 3.05) is 38.0 Å². The Morgan fingerprint density at radius 2 is 2.00 bits per heavy atom. The van der Waals surface area contributed by atoms with Crippen LogP contribution in [0.1, 0.15) is 0 Å². The molecule has 0 spiro atoms. The van der Waals surface area contributed by atoms with E-state index < -0.39 is 9.24 Å². The van der Waals surface area contributed by atoms with E-state index in [1.807, 2.05) is 0 Å². The number of halogens is 1. The van der Waals surface area contributed by atoms with Crippen LogP contribution >= 0.6 is 19.9 Å². The lowest BCUT2D eigenvalue weighted by atomic mass is 10.7. The van der Waals surface area contributed by atoms with Gasteiger partial charge in [-0.15, -0.1) is 0 Å². The highest BCUT2D eigenvalue weighted by molar-refractivity contribution is 8.50. The summed E-state index contributed by atoms with van der Waals surface area (Å²) < 4.78 is 5.17. The summed E-state index contributed by atoms with van der Waals surface area (Å²) in [5, 5.41) is 0. The fourth-order valence-corrected chi connectivity index (χ4v) is 1.15. The quantitative estimate of drug-likeness (QED) is 0.653. The number of hydrogen-bond acceptors (Lipinski definition) is 2. The number of nitrogens with two attached hydrogens (primary N) is 1. The van der Waals surface area contributed by atoms with Crippen LogP contribution in [-0.4, -0.2) is 38.0 Å². The first-order valence-corrected chi connectivity index (χ1v) is 6.69. The van der Waals surface area contributed by atoms with Gasteiger partial charge in [-0.05, 0) is 12.5 Å². The highest BCUT2D eigenvalue weighted by Crippen LogP contribution is 2.44. The molecule has 2 nitrogen and oxygen atoms in total. The van der Waals surface area contributed by atoms with Gasteiger partial charge in [-0.1, -0.05) is 10.7 Å². The van der Waals surface area contributed by atoms with Crippen molar-refractivity contribution in [2.45, 2.75) is 0 Å². The van der Waals surface area contributed by atoms with Gasteiger partial charge in [0.05, 0.1) is 13.2 Å². The van der Waals surface area contributed by atoms with Crippen molar-refractivity contribution in [1.82, 2.24) is 0 Å². The minimum absolute atomic E-state index is 0.595. The lowest BCUT2D eigenvalue weighted by Gasteiger charge is -2.20.